The number of benzene rings is 3. The Morgan fingerprint density at radius 2 is 0.643 bits per heavy atom. The summed E-state index contributed by atoms with van der Waals surface area (Å²) in [7, 11) is 0. The first-order valence-electron chi connectivity index (χ1n) is 49.0. The predicted molar refractivity (Wildman–Crippen MR) is 513 cm³/mol. The van der Waals surface area contributed by atoms with Gasteiger partial charge in [0.15, 0.2) is 0 Å². The molecule has 0 unspecified atom stereocenters. The van der Waals surface area contributed by atoms with E-state index in [4.69, 9.17) is 0 Å². The van der Waals surface area contributed by atoms with E-state index in [0.717, 1.165) is 83.8 Å². The molecule has 0 N–H and O–H groups in total. The van der Waals surface area contributed by atoms with Crippen LogP contribution in [-0.2, 0) is 12.0 Å². The van der Waals surface area contributed by atoms with Crippen molar-refractivity contribution in [2.45, 2.75) is 435 Å². The van der Waals surface area contributed by atoms with Gasteiger partial charge in [-0.25, -0.2) is 0 Å². The van der Waals surface area contributed by atoms with E-state index in [1.807, 2.05) is 45.3 Å². The van der Waals surface area contributed by atoms with E-state index < -0.39 is 0 Å². The number of hydrogen-bond donors (Lipinski definition) is 0. The number of rotatable bonds is 64. The van der Waals surface area contributed by atoms with Crippen molar-refractivity contribution in [1.29, 1.82) is 0 Å². The van der Waals surface area contributed by atoms with Crippen LogP contribution in [0.2, 0.25) is 0 Å². The minimum atomic E-state index is -0.214. The molecule has 636 valence electrons. The molecule has 0 saturated carbocycles. The van der Waals surface area contributed by atoms with E-state index in [0.29, 0.717) is 18.4 Å². The molecular formula is C106H161N3O2S4. The maximum atomic E-state index is 16.1. The average Bonchev–Trinajstić information content (AvgIpc) is 1.57. The van der Waals surface area contributed by atoms with Crippen LogP contribution in [-0.4, -0.2) is 39.3 Å². The van der Waals surface area contributed by atoms with Gasteiger partial charge in [-0.05, 0) is 140 Å². The van der Waals surface area contributed by atoms with Crippen molar-refractivity contribution in [1.82, 2.24) is 14.4 Å². The molecule has 0 radical (unpaired) electrons. The maximum absolute atomic E-state index is 16.1. The fourth-order valence-corrected chi connectivity index (χ4v) is 24.2. The molecule has 0 aliphatic carbocycles. The van der Waals surface area contributed by atoms with Gasteiger partial charge in [0.25, 0.3) is 11.8 Å². The summed E-state index contributed by atoms with van der Waals surface area (Å²) in [6.45, 7) is 28.3. The summed E-state index contributed by atoms with van der Waals surface area (Å²) in [4.78, 5) is 44.4. The lowest BCUT2D eigenvalue weighted by Crippen LogP contribution is -2.35. The number of fused-ring (bicyclic) bond motifs is 7. The average molecular weight is 1640 g/mol. The number of aromatic nitrogens is 1. The van der Waals surface area contributed by atoms with Crippen molar-refractivity contribution in [3.05, 3.63) is 104 Å². The Morgan fingerprint density at radius 3 is 1.05 bits per heavy atom. The zero-order chi connectivity index (χ0) is 81.2. The minimum absolute atomic E-state index is 0.129. The summed E-state index contributed by atoms with van der Waals surface area (Å²) in [6.07, 6.45) is 70.3. The third-order valence-corrected chi connectivity index (χ3v) is 33.2. The predicted octanol–water partition coefficient (Wildman–Crippen LogP) is 34.6. The smallest absolute Gasteiger partial charge is 0.259 e. The van der Waals surface area contributed by atoms with Gasteiger partial charge in [-0.2, -0.15) is 0 Å². The van der Waals surface area contributed by atoms with Crippen LogP contribution in [0, 0.1) is 17.3 Å². The second-order valence-electron chi connectivity index (χ2n) is 36.9. The number of aryl methyl sites for hydroxylation is 1. The summed E-state index contributed by atoms with van der Waals surface area (Å²) in [6, 6.07) is 29.1. The van der Waals surface area contributed by atoms with Gasteiger partial charge in [-0.3, -0.25) is 9.59 Å². The third-order valence-electron chi connectivity index (χ3n) is 28.1. The van der Waals surface area contributed by atoms with Crippen molar-refractivity contribution in [3.63, 3.8) is 0 Å². The van der Waals surface area contributed by atoms with Crippen LogP contribution in [0.3, 0.4) is 0 Å². The Bertz CT molecular complexity index is 4270. The summed E-state index contributed by atoms with van der Waals surface area (Å²) >= 11 is 7.78. The zero-order valence-corrected chi connectivity index (χ0v) is 78.4. The quantitative estimate of drug-likeness (QED) is 0.0357. The highest BCUT2D eigenvalue weighted by Gasteiger charge is 2.41. The number of unbranched alkanes of at least 4 members (excludes halogenated alkanes) is 39. The van der Waals surface area contributed by atoms with Gasteiger partial charge in [-0.1, -0.05) is 378 Å². The van der Waals surface area contributed by atoms with Crippen LogP contribution >= 0.6 is 45.3 Å². The molecule has 8 aromatic rings. The fraction of sp³-hybridized carbons (Fsp3) is 0.679. The number of nitrogens with zero attached hydrogens (tertiary/aromatic N) is 3. The standard InChI is InChI=1S/C106H161N3O2S4/c1-12-21-26-31-36-41-42-43-44-49-54-59-70-107-91-79-96-83(73-85(91)86-74-84-76-99(114-97(84)80-92(86)107)94-66-67-100(115-94)105(10,17-6)18-7)75-98(113-96)93-64-65-95(112-93)101-87-77-90-88(78-89(87)103(110)108(101)71-68-81(60-55-50-45-37-32-27-22-13-2)61-56-51-46-38-33-28-23-14-3)102(106(11,19-8)20-9)109(104(90)111)72-69-82(62-57-52-47-39-34-29-24-15-4)63-58-53-48-40-35-30-25-16-5/h64-67,73-82H,12-63,68-72H2,1-11H3. The Morgan fingerprint density at radius 1 is 0.304 bits per heavy atom. The largest absolute Gasteiger partial charge is 0.340 e. The SMILES string of the molecule is CCCCCCCCCCCCCCn1c2cc3sc(-c4ccc(C5=c6cc7c(cc6C(=O)N5CCC(CCCCCCCCCC)CCCCCCCCCC)=C(C(C)(CC)CC)N(CCC(CCCCCCCCCC)CCCCCCCCCC)C7=O)s4)cc3cc2c2cc3cc(-c4ccc(C(C)(CC)CC)s4)sc3cc21. The molecular weight excluding hydrogens is 1480 g/mol. The van der Waals surface area contributed by atoms with Crippen LogP contribution in [0.25, 0.3) is 72.9 Å². The molecule has 3 aromatic carbocycles. The Labute approximate surface area is 717 Å². The van der Waals surface area contributed by atoms with Crippen LogP contribution in [0.1, 0.15) is 453 Å². The molecule has 9 heteroatoms. The van der Waals surface area contributed by atoms with Gasteiger partial charge in [-0.15, -0.1) is 45.3 Å². The lowest BCUT2D eigenvalue weighted by atomic mass is 9.79. The van der Waals surface area contributed by atoms with Gasteiger partial charge in [0.2, 0.25) is 0 Å². The Kier molecular flexibility index (Phi) is 39.8. The third kappa shape index (κ3) is 25.8. The Hall–Kier alpha value is -4.54. The molecule has 7 heterocycles. The first-order chi connectivity index (χ1) is 56.3. The molecule has 0 fully saturated rings. The molecule has 2 aliphatic rings. The topological polar surface area (TPSA) is 45.6 Å². The van der Waals surface area contributed by atoms with Crippen LogP contribution in [0.4, 0.5) is 0 Å². The van der Waals surface area contributed by atoms with Gasteiger partial charge >= 0.3 is 0 Å². The summed E-state index contributed by atoms with van der Waals surface area (Å²) in [5.74, 6) is 1.47. The molecule has 0 spiro atoms. The lowest BCUT2D eigenvalue weighted by molar-refractivity contribution is 0.0814. The molecule has 5 aromatic heterocycles. The molecule has 115 heavy (non-hydrogen) atoms. The monoisotopic (exact) mass is 1640 g/mol. The van der Waals surface area contributed by atoms with Crippen molar-refractivity contribution in [2.75, 3.05) is 13.1 Å². The molecule has 2 aliphatic heterocycles. The Balaban J connectivity index is 0.988. The van der Waals surface area contributed by atoms with E-state index in [9.17, 15) is 0 Å². The summed E-state index contributed by atoms with van der Waals surface area (Å²) < 4.78 is 5.42. The van der Waals surface area contributed by atoms with Gasteiger partial charge in [0.05, 0.1) is 21.6 Å². The van der Waals surface area contributed by atoms with Crippen LogP contribution in [0.5, 0.6) is 0 Å². The molecule has 10 rings (SSSR count). The van der Waals surface area contributed by atoms with E-state index in [-0.39, 0.29) is 22.6 Å². The van der Waals surface area contributed by atoms with E-state index in [2.05, 4.69) is 163 Å². The van der Waals surface area contributed by atoms with Crippen molar-refractivity contribution < 1.29 is 9.59 Å². The molecule has 0 bridgehead atoms. The number of thiophene rings is 4. The number of carbonyl (C=O) groups is 2. The van der Waals surface area contributed by atoms with E-state index in [1.54, 1.807) is 0 Å². The van der Waals surface area contributed by atoms with Gasteiger partial charge < -0.3 is 14.4 Å². The number of hydrogen-bond acceptors (Lipinski definition) is 6. The lowest BCUT2D eigenvalue weighted by Gasteiger charge is -2.35. The second kappa shape index (κ2) is 49.4. The highest BCUT2D eigenvalue weighted by atomic mass is 32.1. The summed E-state index contributed by atoms with van der Waals surface area (Å²) in [5, 5.41) is 7.37. The van der Waals surface area contributed by atoms with Crippen LogP contribution in [0.15, 0.2) is 72.8 Å². The number of carbonyl (C=O) groups excluding carboxylic acids is 2. The highest BCUT2D eigenvalue weighted by molar-refractivity contribution is 7.27. The van der Waals surface area contributed by atoms with Gasteiger partial charge in [0, 0.05) is 102 Å². The number of amides is 2. The first-order valence-corrected chi connectivity index (χ1v) is 52.3. The molecule has 0 atom stereocenters. The molecule has 2 amide bonds. The normalized spacial score (nSPS) is 13.5. The second-order valence-corrected chi connectivity index (χ2v) is 41.2. The van der Waals surface area contributed by atoms with Crippen molar-refractivity contribution in [3.8, 4) is 19.5 Å². The first kappa shape index (κ1) is 92.7. The van der Waals surface area contributed by atoms with Gasteiger partial charge in [0.1, 0.15) is 0 Å². The fourth-order valence-electron chi connectivity index (χ4n) is 19.6. The van der Waals surface area contributed by atoms with Crippen molar-refractivity contribution in [2.24, 2.45) is 17.3 Å². The molecule has 5 nitrogen and oxygen atoms in total. The maximum Gasteiger partial charge on any atom is 0.259 e. The van der Waals surface area contributed by atoms with Crippen molar-refractivity contribution >= 4 is 111 Å². The van der Waals surface area contributed by atoms with E-state index >= 15 is 9.59 Å². The van der Waals surface area contributed by atoms with Crippen LogP contribution < -0.4 is 10.4 Å². The van der Waals surface area contributed by atoms with E-state index in [1.165, 1.54) is 380 Å². The highest BCUT2D eigenvalue weighted by Crippen LogP contribution is 2.48. The summed E-state index contributed by atoms with van der Waals surface area (Å²) in [5.41, 5.74) is 6.54. The zero-order valence-electron chi connectivity index (χ0n) is 75.2. The molecule has 0 saturated heterocycles. The minimum Gasteiger partial charge on any atom is -0.340 e.